The van der Waals surface area contributed by atoms with E-state index in [0.717, 1.165) is 33.5 Å². The Hall–Kier alpha value is -3.51. The average Bonchev–Trinajstić information content (AvgIpc) is 2.76. The lowest BCUT2D eigenvalue weighted by Gasteiger charge is -2.11. The molecule has 0 radical (unpaired) electrons. The molecule has 3 rings (SSSR count). The molecule has 0 saturated carbocycles. The molecule has 0 unspecified atom stereocenters. The van der Waals surface area contributed by atoms with Crippen molar-refractivity contribution in [2.24, 2.45) is 0 Å². The van der Waals surface area contributed by atoms with Gasteiger partial charge in [-0.15, -0.1) is 0 Å². The molecule has 0 aliphatic heterocycles. The van der Waals surface area contributed by atoms with Gasteiger partial charge in [-0.3, -0.25) is 10.1 Å². The van der Waals surface area contributed by atoms with Gasteiger partial charge in [-0.1, -0.05) is 60.7 Å². The van der Waals surface area contributed by atoms with Crippen LogP contribution in [0.25, 0.3) is 11.8 Å². The Kier molecular flexibility index (Phi) is 7.08. The highest BCUT2D eigenvalue weighted by atomic mass is 32.2. The first-order valence-electron chi connectivity index (χ1n) is 8.90. The molecule has 5 nitrogen and oxygen atoms in total. The van der Waals surface area contributed by atoms with E-state index in [0.29, 0.717) is 5.69 Å². The fraction of sp³-hybridized carbons (Fsp3) is 0.0435. The molecule has 3 aromatic carbocycles. The molecule has 6 heteroatoms. The van der Waals surface area contributed by atoms with Crippen LogP contribution in [0.15, 0.2) is 89.8 Å². The molecule has 0 aliphatic rings. The molecule has 0 aliphatic carbocycles. The van der Waals surface area contributed by atoms with Gasteiger partial charge < -0.3 is 10.1 Å². The highest BCUT2D eigenvalue weighted by Gasteiger charge is 2.10. The van der Waals surface area contributed by atoms with E-state index in [9.17, 15) is 9.59 Å². The van der Waals surface area contributed by atoms with Gasteiger partial charge in [-0.25, -0.2) is 4.79 Å². The number of hydrogen-bond acceptors (Lipinski definition) is 4. The summed E-state index contributed by atoms with van der Waals surface area (Å²) in [7, 11) is 1.30. The third-order valence-electron chi connectivity index (χ3n) is 3.93. The zero-order valence-electron chi connectivity index (χ0n) is 15.8. The van der Waals surface area contributed by atoms with Gasteiger partial charge in [0.25, 0.3) is 5.24 Å². The number of hydrogen-bond donors (Lipinski definition) is 2. The third-order valence-corrected chi connectivity index (χ3v) is 4.72. The molecule has 29 heavy (non-hydrogen) atoms. The zero-order chi connectivity index (χ0) is 20.5. The van der Waals surface area contributed by atoms with E-state index in [-0.39, 0.29) is 5.24 Å². The Morgan fingerprint density at radius 1 is 0.862 bits per heavy atom. The number of ether oxygens (including phenoxy) is 1. The predicted molar refractivity (Wildman–Crippen MR) is 118 cm³/mol. The number of benzene rings is 3. The summed E-state index contributed by atoms with van der Waals surface area (Å²) in [6.07, 6.45) is 1.40. The first-order valence-corrected chi connectivity index (χ1v) is 9.72. The quantitative estimate of drug-likeness (QED) is 0.412. The summed E-state index contributed by atoms with van der Waals surface area (Å²) >= 11 is 1.08. The first kappa shape index (κ1) is 20.2. The Balaban J connectivity index is 1.72. The van der Waals surface area contributed by atoms with E-state index in [2.05, 4.69) is 15.4 Å². The Morgan fingerprint density at radius 3 is 2.10 bits per heavy atom. The number of thioether (sulfide) groups is 1. The van der Waals surface area contributed by atoms with Crippen LogP contribution in [0.1, 0.15) is 11.1 Å². The van der Waals surface area contributed by atoms with Crippen molar-refractivity contribution in [1.82, 2.24) is 5.32 Å². The van der Waals surface area contributed by atoms with E-state index in [1.807, 2.05) is 66.7 Å². The monoisotopic (exact) mass is 404 g/mol. The number of carbonyl (C=O) groups excluding carboxylic acids is 2. The van der Waals surface area contributed by atoms with Gasteiger partial charge in [0.15, 0.2) is 0 Å². The number of nitrogens with one attached hydrogen (secondary N) is 2. The van der Waals surface area contributed by atoms with Gasteiger partial charge in [0, 0.05) is 16.3 Å². The fourth-order valence-electron chi connectivity index (χ4n) is 2.54. The maximum atomic E-state index is 12.6. The minimum Gasteiger partial charge on any atom is -0.453 e. The van der Waals surface area contributed by atoms with E-state index >= 15 is 0 Å². The average molecular weight is 404 g/mol. The predicted octanol–water partition coefficient (Wildman–Crippen LogP) is 5.86. The summed E-state index contributed by atoms with van der Waals surface area (Å²) in [6.45, 7) is 0. The molecular weight excluding hydrogens is 384 g/mol. The molecule has 0 heterocycles. The minimum atomic E-state index is -0.540. The van der Waals surface area contributed by atoms with E-state index < -0.39 is 6.09 Å². The van der Waals surface area contributed by atoms with Crippen LogP contribution in [0.2, 0.25) is 0 Å². The summed E-state index contributed by atoms with van der Waals surface area (Å²) < 4.78 is 4.56. The van der Waals surface area contributed by atoms with Crippen molar-refractivity contribution in [2.75, 3.05) is 12.4 Å². The van der Waals surface area contributed by atoms with Crippen LogP contribution in [-0.4, -0.2) is 18.4 Å². The second-order valence-corrected chi connectivity index (χ2v) is 7.04. The lowest BCUT2D eigenvalue weighted by Crippen LogP contribution is -2.16. The van der Waals surface area contributed by atoms with Gasteiger partial charge in [-0.2, -0.15) is 0 Å². The van der Waals surface area contributed by atoms with E-state index in [1.165, 1.54) is 7.11 Å². The van der Waals surface area contributed by atoms with E-state index in [4.69, 9.17) is 0 Å². The molecule has 146 valence electrons. The van der Waals surface area contributed by atoms with Crippen LogP contribution in [0.5, 0.6) is 0 Å². The Morgan fingerprint density at radius 2 is 1.48 bits per heavy atom. The number of methoxy groups -OCH3 is 1. The third kappa shape index (κ3) is 6.26. The van der Waals surface area contributed by atoms with Crippen LogP contribution in [-0.2, 0) is 4.74 Å². The normalized spacial score (nSPS) is 10.9. The second kappa shape index (κ2) is 10.1. The maximum absolute atomic E-state index is 12.6. The van der Waals surface area contributed by atoms with Crippen molar-refractivity contribution in [2.45, 2.75) is 4.90 Å². The van der Waals surface area contributed by atoms with Crippen molar-refractivity contribution in [3.05, 3.63) is 96.1 Å². The summed E-state index contributed by atoms with van der Waals surface area (Å²) in [4.78, 5) is 24.6. The first-order chi connectivity index (χ1) is 14.1. The molecular formula is C23H20N2O3S. The lowest BCUT2D eigenvalue weighted by atomic mass is 10.1. The van der Waals surface area contributed by atoms with Gasteiger partial charge >= 0.3 is 6.09 Å². The minimum absolute atomic E-state index is 0.204. The summed E-state index contributed by atoms with van der Waals surface area (Å²) in [5.74, 6) is 0. The lowest BCUT2D eigenvalue weighted by molar-refractivity contribution is 0.187. The van der Waals surface area contributed by atoms with Crippen molar-refractivity contribution in [3.63, 3.8) is 0 Å². The van der Waals surface area contributed by atoms with Gasteiger partial charge in [0.05, 0.1) is 7.11 Å². The topological polar surface area (TPSA) is 67.4 Å². The maximum Gasteiger partial charge on any atom is 0.411 e. The largest absolute Gasteiger partial charge is 0.453 e. The molecule has 3 aromatic rings. The highest BCUT2D eigenvalue weighted by Crippen LogP contribution is 2.23. The zero-order valence-corrected chi connectivity index (χ0v) is 16.6. The van der Waals surface area contributed by atoms with Crippen LogP contribution in [0.3, 0.4) is 0 Å². The van der Waals surface area contributed by atoms with E-state index in [1.54, 1.807) is 24.3 Å². The molecule has 0 atom stereocenters. The molecule has 0 aromatic heterocycles. The molecule has 2 amide bonds. The molecule has 2 N–H and O–H groups in total. The van der Waals surface area contributed by atoms with Crippen LogP contribution < -0.4 is 10.6 Å². The second-order valence-electron chi connectivity index (χ2n) is 5.99. The summed E-state index contributed by atoms with van der Waals surface area (Å²) in [6, 6.07) is 26.5. The van der Waals surface area contributed by atoms with Crippen molar-refractivity contribution in [3.8, 4) is 0 Å². The highest BCUT2D eigenvalue weighted by molar-refractivity contribution is 8.13. The molecule has 0 bridgehead atoms. The van der Waals surface area contributed by atoms with Gasteiger partial charge in [0.2, 0.25) is 0 Å². The number of anilines is 1. The van der Waals surface area contributed by atoms with Crippen LogP contribution >= 0.6 is 11.8 Å². The van der Waals surface area contributed by atoms with Crippen LogP contribution in [0, 0.1) is 0 Å². The number of rotatable bonds is 5. The van der Waals surface area contributed by atoms with Crippen molar-refractivity contribution >= 4 is 40.6 Å². The van der Waals surface area contributed by atoms with Gasteiger partial charge in [0.1, 0.15) is 0 Å². The molecule has 0 saturated heterocycles. The summed E-state index contributed by atoms with van der Waals surface area (Å²) in [5, 5.41) is 5.35. The number of carbonyl (C=O) groups is 2. The van der Waals surface area contributed by atoms with Gasteiger partial charge in [-0.05, 0) is 53.2 Å². The Bertz CT molecular complexity index is 988. The molecule has 0 spiro atoms. The smallest absolute Gasteiger partial charge is 0.411 e. The summed E-state index contributed by atoms with van der Waals surface area (Å²) in [5.41, 5.74) is 3.23. The van der Waals surface area contributed by atoms with Crippen molar-refractivity contribution in [1.29, 1.82) is 0 Å². The SMILES string of the molecule is COC(=O)Nc1ccc(SC(=O)NC(=Cc2ccccc2)c2ccccc2)cc1. The van der Waals surface area contributed by atoms with Crippen LogP contribution in [0.4, 0.5) is 15.3 Å². The number of amides is 2. The standard InChI is InChI=1S/C23H20N2O3S/c1-28-22(26)24-19-12-14-20(15-13-19)29-23(27)25-21(18-10-6-3-7-11-18)16-17-8-4-2-5-9-17/h2-16H,1H3,(H,24,26)(H,25,27). The Labute approximate surface area is 173 Å². The van der Waals surface area contributed by atoms with Crippen molar-refractivity contribution < 1.29 is 14.3 Å². The fourth-order valence-corrected chi connectivity index (χ4v) is 3.19. The molecule has 0 fully saturated rings.